The monoisotopic (exact) mass is 456 g/mol. The molecule has 32 heavy (non-hydrogen) atoms. The van der Waals surface area contributed by atoms with Crippen molar-refractivity contribution in [1.29, 1.82) is 0 Å². The summed E-state index contributed by atoms with van der Waals surface area (Å²) < 4.78 is 31.8. The maximum atomic E-state index is 13.2. The second-order valence-corrected chi connectivity index (χ2v) is 11.7. The van der Waals surface area contributed by atoms with Crippen molar-refractivity contribution in [2.24, 2.45) is 16.4 Å². The largest absolute Gasteiger partial charge is 0.382 e. The lowest BCUT2D eigenvalue weighted by atomic mass is 9.78. The number of hydrogen-bond acceptors (Lipinski definition) is 5. The molecular formula is C26H36N2O3S. The van der Waals surface area contributed by atoms with Crippen molar-refractivity contribution < 1.29 is 13.2 Å². The zero-order valence-corrected chi connectivity index (χ0v) is 20.5. The van der Waals surface area contributed by atoms with Gasteiger partial charge in [-0.1, -0.05) is 69.3 Å². The third-order valence-corrected chi connectivity index (χ3v) is 8.08. The highest BCUT2D eigenvalue weighted by Crippen LogP contribution is 2.33. The second-order valence-electron chi connectivity index (χ2n) is 9.69. The number of hydrogen-bond donors (Lipinski definition) is 0. The molecule has 0 aliphatic carbocycles. The van der Waals surface area contributed by atoms with E-state index in [9.17, 15) is 8.42 Å². The van der Waals surface area contributed by atoms with Crippen molar-refractivity contribution >= 4 is 15.5 Å². The number of hydrazone groups is 1. The summed E-state index contributed by atoms with van der Waals surface area (Å²) in [5.74, 6) is 0.00330. The molecule has 2 aromatic rings. The molecule has 2 atom stereocenters. The Morgan fingerprint density at radius 2 is 1.72 bits per heavy atom. The van der Waals surface area contributed by atoms with Gasteiger partial charge in [-0.05, 0) is 48.3 Å². The predicted octanol–water partition coefficient (Wildman–Crippen LogP) is 5.03. The molecule has 3 rings (SSSR count). The third-order valence-electron chi connectivity index (χ3n) is 6.25. The molecule has 0 bridgehead atoms. The summed E-state index contributed by atoms with van der Waals surface area (Å²) in [6, 6.07) is 19.2. The summed E-state index contributed by atoms with van der Waals surface area (Å²) >= 11 is 0. The van der Waals surface area contributed by atoms with Gasteiger partial charge in [0.1, 0.15) is 0 Å². The van der Waals surface area contributed by atoms with E-state index in [1.807, 2.05) is 24.3 Å². The van der Waals surface area contributed by atoms with Crippen LogP contribution in [0.5, 0.6) is 0 Å². The Labute approximate surface area is 193 Å². The Hall–Kier alpha value is -2.18. The molecule has 1 aliphatic rings. The second kappa shape index (κ2) is 10.6. The maximum absolute atomic E-state index is 13.2. The fraction of sp³-hybridized carbons (Fsp3) is 0.500. The molecular weight excluding hydrogens is 420 g/mol. The van der Waals surface area contributed by atoms with E-state index in [2.05, 4.69) is 37.9 Å². The topological polar surface area (TPSA) is 59.0 Å². The summed E-state index contributed by atoms with van der Waals surface area (Å²) in [5, 5.41) is 7.21. The van der Waals surface area contributed by atoms with Crippen LogP contribution in [0.4, 0.5) is 0 Å². The van der Waals surface area contributed by atoms with Crippen LogP contribution in [0.2, 0.25) is 0 Å². The maximum Gasteiger partial charge on any atom is 0.178 e. The quantitative estimate of drug-likeness (QED) is 0.497. The smallest absolute Gasteiger partial charge is 0.178 e. The predicted molar refractivity (Wildman–Crippen MR) is 131 cm³/mol. The molecule has 5 nitrogen and oxygen atoms in total. The van der Waals surface area contributed by atoms with Gasteiger partial charge in [-0.2, -0.15) is 5.10 Å². The first kappa shape index (κ1) is 24.5. The zero-order chi connectivity index (χ0) is 23.2. The summed E-state index contributed by atoms with van der Waals surface area (Å²) in [4.78, 5) is 0.382. The average molecular weight is 457 g/mol. The van der Waals surface area contributed by atoms with Gasteiger partial charge in [0, 0.05) is 13.7 Å². The minimum absolute atomic E-state index is 0.0878. The van der Waals surface area contributed by atoms with Crippen molar-refractivity contribution in [3.8, 4) is 0 Å². The SMILES string of the molecule is COC[C@@H]1CCCN1/N=C(/C[C@@H](CS(=O)(=O)c1ccccc1)C(C)(C)C)c1ccccc1. The standard InChI is InChI=1S/C26H36N2O3S/c1-26(2,3)22(20-32(29,30)24-15-9-6-10-16-24)18-25(21-12-7-5-8-13-21)27-28-17-11-14-23(28)19-31-4/h5-10,12-13,15-16,22-23H,11,14,17-20H2,1-4H3/b27-25-/t22-,23-/m0/s1. The molecule has 1 heterocycles. The van der Waals surface area contributed by atoms with Crippen molar-refractivity contribution in [2.75, 3.05) is 26.0 Å². The molecule has 1 fully saturated rings. The molecule has 2 aromatic carbocycles. The first-order chi connectivity index (χ1) is 15.2. The lowest BCUT2D eigenvalue weighted by Gasteiger charge is -2.32. The number of ether oxygens (including phenoxy) is 1. The van der Waals surface area contributed by atoms with Gasteiger partial charge in [0.15, 0.2) is 9.84 Å². The van der Waals surface area contributed by atoms with Gasteiger partial charge in [0.2, 0.25) is 0 Å². The highest BCUT2D eigenvalue weighted by molar-refractivity contribution is 7.91. The lowest BCUT2D eigenvalue weighted by Crippen LogP contribution is -2.33. The Morgan fingerprint density at radius 3 is 2.31 bits per heavy atom. The van der Waals surface area contributed by atoms with E-state index >= 15 is 0 Å². The average Bonchev–Trinajstić information content (AvgIpc) is 3.20. The van der Waals surface area contributed by atoms with E-state index in [0.717, 1.165) is 30.7 Å². The first-order valence-electron chi connectivity index (χ1n) is 11.4. The van der Waals surface area contributed by atoms with Gasteiger partial charge in [-0.3, -0.25) is 5.01 Å². The molecule has 0 saturated carbocycles. The van der Waals surface area contributed by atoms with Crippen molar-refractivity contribution in [1.82, 2.24) is 5.01 Å². The van der Waals surface area contributed by atoms with Crippen LogP contribution in [0.15, 0.2) is 70.7 Å². The molecule has 1 saturated heterocycles. The van der Waals surface area contributed by atoms with Crippen LogP contribution in [0.3, 0.4) is 0 Å². The fourth-order valence-corrected chi connectivity index (χ4v) is 6.07. The Bertz CT molecular complexity index is 983. The van der Waals surface area contributed by atoms with Gasteiger partial charge >= 0.3 is 0 Å². The van der Waals surface area contributed by atoms with Crippen LogP contribution < -0.4 is 0 Å². The van der Waals surface area contributed by atoms with Crippen LogP contribution >= 0.6 is 0 Å². The van der Waals surface area contributed by atoms with Gasteiger partial charge in [-0.15, -0.1) is 0 Å². The van der Waals surface area contributed by atoms with E-state index in [4.69, 9.17) is 9.84 Å². The van der Waals surface area contributed by atoms with Gasteiger partial charge in [-0.25, -0.2) is 8.42 Å². The number of nitrogens with zero attached hydrogens (tertiary/aromatic N) is 2. The van der Waals surface area contributed by atoms with Gasteiger partial charge in [0.05, 0.1) is 29.0 Å². The Balaban J connectivity index is 1.93. The molecule has 1 aliphatic heterocycles. The summed E-state index contributed by atoms with van der Waals surface area (Å²) in [6.07, 6.45) is 2.74. The Morgan fingerprint density at radius 1 is 1.09 bits per heavy atom. The normalized spacial score (nSPS) is 18.7. The van der Waals surface area contributed by atoms with Crippen molar-refractivity contribution in [3.05, 3.63) is 66.2 Å². The van der Waals surface area contributed by atoms with E-state index in [1.165, 1.54) is 0 Å². The fourth-order valence-electron chi connectivity index (χ4n) is 4.15. The molecule has 174 valence electrons. The van der Waals surface area contributed by atoms with Gasteiger partial charge in [0.25, 0.3) is 0 Å². The highest BCUT2D eigenvalue weighted by Gasteiger charge is 2.33. The number of methoxy groups -OCH3 is 1. The van der Waals surface area contributed by atoms with Crippen LogP contribution in [-0.2, 0) is 14.6 Å². The van der Waals surface area contributed by atoms with Crippen LogP contribution in [0.25, 0.3) is 0 Å². The molecule has 6 heteroatoms. The minimum atomic E-state index is -3.41. The van der Waals surface area contributed by atoms with Crippen LogP contribution in [0, 0.1) is 11.3 Å². The van der Waals surface area contributed by atoms with Crippen molar-refractivity contribution in [3.63, 3.8) is 0 Å². The Kier molecular flexibility index (Phi) is 8.12. The molecule has 0 unspecified atom stereocenters. The van der Waals surface area contributed by atoms with Crippen molar-refractivity contribution in [2.45, 2.75) is 51.0 Å². The van der Waals surface area contributed by atoms with E-state index < -0.39 is 9.84 Å². The van der Waals surface area contributed by atoms with Crippen LogP contribution in [-0.4, -0.2) is 51.2 Å². The number of rotatable bonds is 9. The lowest BCUT2D eigenvalue weighted by molar-refractivity contribution is 0.117. The summed E-state index contributed by atoms with van der Waals surface area (Å²) in [7, 11) is -1.68. The van der Waals surface area contributed by atoms with E-state index in [0.29, 0.717) is 17.9 Å². The van der Waals surface area contributed by atoms with Gasteiger partial charge < -0.3 is 4.74 Å². The van der Waals surface area contributed by atoms with Crippen LogP contribution in [0.1, 0.15) is 45.6 Å². The molecule has 0 spiro atoms. The minimum Gasteiger partial charge on any atom is -0.382 e. The molecule has 0 radical (unpaired) electrons. The summed E-state index contributed by atoms with van der Waals surface area (Å²) in [5.41, 5.74) is 1.78. The molecule has 0 amide bonds. The third kappa shape index (κ3) is 6.42. The number of sulfone groups is 1. The highest BCUT2D eigenvalue weighted by atomic mass is 32.2. The summed E-state index contributed by atoms with van der Waals surface area (Å²) in [6.45, 7) is 7.89. The number of benzene rings is 2. The molecule has 0 N–H and O–H groups in total. The van der Waals surface area contributed by atoms with E-state index in [-0.39, 0.29) is 23.1 Å². The zero-order valence-electron chi connectivity index (χ0n) is 19.7. The van der Waals surface area contributed by atoms with E-state index in [1.54, 1.807) is 31.4 Å². The molecule has 0 aromatic heterocycles. The first-order valence-corrected chi connectivity index (χ1v) is 13.0.